The largest absolute Gasteiger partial charge is 0.497 e. The minimum absolute atomic E-state index is 0.228. The molecule has 4 amide bonds. The minimum Gasteiger partial charge on any atom is -0.497 e. The summed E-state index contributed by atoms with van der Waals surface area (Å²) in [5.74, 6) is -0.188. The molecule has 0 atom stereocenters. The molecule has 1 saturated heterocycles. The zero-order valence-electron chi connectivity index (χ0n) is 12.3. The number of ketones is 1. The van der Waals surface area contributed by atoms with Gasteiger partial charge in [-0.15, -0.1) is 0 Å². The molecule has 1 aromatic rings. The van der Waals surface area contributed by atoms with E-state index in [4.69, 9.17) is 4.74 Å². The number of hydrazone groups is 1. The zero-order valence-corrected chi connectivity index (χ0v) is 12.3. The Morgan fingerprint density at radius 3 is 2.61 bits per heavy atom. The van der Waals surface area contributed by atoms with Crippen LogP contribution in [0.25, 0.3) is 0 Å². The van der Waals surface area contributed by atoms with Gasteiger partial charge in [0.1, 0.15) is 18.6 Å². The van der Waals surface area contributed by atoms with Crippen LogP contribution in [0.4, 0.5) is 4.79 Å². The van der Waals surface area contributed by atoms with Crippen molar-refractivity contribution in [3.63, 3.8) is 0 Å². The van der Waals surface area contributed by atoms with Crippen LogP contribution in [-0.4, -0.2) is 60.6 Å². The van der Waals surface area contributed by atoms with E-state index in [1.165, 1.54) is 7.11 Å². The minimum atomic E-state index is -0.682. The molecule has 0 radical (unpaired) electrons. The number of nitrogens with zero attached hydrogens (tertiary/aromatic N) is 3. The molecule has 1 aliphatic heterocycles. The fourth-order valence-corrected chi connectivity index (χ4v) is 1.79. The number of benzene rings is 1. The Morgan fingerprint density at radius 2 is 2.09 bits per heavy atom. The van der Waals surface area contributed by atoms with Gasteiger partial charge in [0.2, 0.25) is 12.3 Å². The van der Waals surface area contributed by atoms with Crippen molar-refractivity contribution < 1.29 is 23.9 Å². The topological polar surface area (TPSA) is 108 Å². The molecule has 9 nitrogen and oxygen atoms in total. The average Bonchev–Trinajstić information content (AvgIpc) is 2.88. The second kappa shape index (κ2) is 7.16. The standard InChI is InChI=1S/C14H14N4O5/c1-23-11-4-2-10(3-5-11)12(20)6-17(9-19)8-15-18-7-13(21)16-14(18)22/h2-5,8-9H,6-7H2,1H3,(H,16,21,22). The summed E-state index contributed by atoms with van der Waals surface area (Å²) in [5, 5.41) is 6.59. The number of carbonyl (C=O) groups is 4. The second-order valence-corrected chi connectivity index (χ2v) is 4.57. The fourth-order valence-electron chi connectivity index (χ4n) is 1.79. The maximum atomic E-state index is 12.1. The van der Waals surface area contributed by atoms with E-state index in [-0.39, 0.29) is 18.9 Å². The molecule has 0 spiro atoms. The normalized spacial score (nSPS) is 14.0. The van der Waals surface area contributed by atoms with Crippen LogP contribution in [0.1, 0.15) is 10.4 Å². The van der Waals surface area contributed by atoms with Crippen LogP contribution in [0.3, 0.4) is 0 Å². The van der Waals surface area contributed by atoms with Gasteiger partial charge in [-0.1, -0.05) is 0 Å². The third-order valence-corrected chi connectivity index (χ3v) is 2.99. The quantitative estimate of drug-likeness (QED) is 0.247. The van der Waals surface area contributed by atoms with Crippen LogP contribution in [0.2, 0.25) is 0 Å². The van der Waals surface area contributed by atoms with E-state index in [9.17, 15) is 19.2 Å². The molecule has 1 N–H and O–H groups in total. The first kappa shape index (κ1) is 16.1. The Kier molecular flexibility index (Phi) is 5.03. The zero-order chi connectivity index (χ0) is 16.8. The average molecular weight is 318 g/mol. The van der Waals surface area contributed by atoms with E-state index < -0.39 is 11.9 Å². The van der Waals surface area contributed by atoms with Crippen LogP contribution < -0.4 is 10.1 Å². The number of amides is 4. The van der Waals surface area contributed by atoms with Crippen molar-refractivity contribution in [3.8, 4) is 5.75 Å². The second-order valence-electron chi connectivity index (χ2n) is 4.57. The molecule has 1 fully saturated rings. The Hall–Kier alpha value is -3.23. The van der Waals surface area contributed by atoms with E-state index in [1.54, 1.807) is 24.3 Å². The molecule has 0 aromatic heterocycles. The van der Waals surface area contributed by atoms with Gasteiger partial charge in [-0.05, 0) is 24.3 Å². The van der Waals surface area contributed by atoms with Crippen LogP contribution in [0.5, 0.6) is 5.75 Å². The van der Waals surface area contributed by atoms with Crippen molar-refractivity contribution in [1.82, 2.24) is 15.2 Å². The van der Waals surface area contributed by atoms with Gasteiger partial charge in [0.15, 0.2) is 5.78 Å². The fraction of sp³-hybridized carbons (Fsp3) is 0.214. The highest BCUT2D eigenvalue weighted by Crippen LogP contribution is 2.11. The molecular weight excluding hydrogens is 304 g/mol. The molecule has 1 heterocycles. The molecule has 23 heavy (non-hydrogen) atoms. The predicted molar refractivity (Wildman–Crippen MR) is 78.8 cm³/mol. The van der Waals surface area contributed by atoms with Crippen LogP contribution >= 0.6 is 0 Å². The van der Waals surface area contributed by atoms with Gasteiger partial charge in [0.05, 0.1) is 13.7 Å². The summed E-state index contributed by atoms with van der Waals surface area (Å²) in [4.78, 5) is 46.3. The molecule has 9 heteroatoms. The third kappa shape index (κ3) is 4.13. The molecular formula is C14H14N4O5. The number of rotatable bonds is 7. The lowest BCUT2D eigenvalue weighted by molar-refractivity contribution is -0.118. The number of methoxy groups -OCH3 is 1. The molecule has 120 valence electrons. The SMILES string of the molecule is COc1ccc(C(=O)CN(C=O)C=NN2CC(=O)NC2=O)cc1. The summed E-state index contributed by atoms with van der Waals surface area (Å²) in [7, 11) is 1.51. The lowest BCUT2D eigenvalue weighted by Gasteiger charge is -2.12. The molecule has 0 aliphatic carbocycles. The number of imide groups is 1. The van der Waals surface area contributed by atoms with Gasteiger partial charge < -0.3 is 4.74 Å². The van der Waals surface area contributed by atoms with E-state index in [0.717, 1.165) is 16.2 Å². The number of urea groups is 1. The van der Waals surface area contributed by atoms with E-state index in [1.807, 2.05) is 5.32 Å². The molecule has 1 aromatic carbocycles. The summed E-state index contributed by atoms with van der Waals surface area (Å²) >= 11 is 0. The first-order chi connectivity index (χ1) is 11.0. The van der Waals surface area contributed by atoms with Gasteiger partial charge in [-0.2, -0.15) is 5.10 Å². The molecule has 0 unspecified atom stereocenters. The highest BCUT2D eigenvalue weighted by Gasteiger charge is 2.26. The highest BCUT2D eigenvalue weighted by molar-refractivity contribution is 6.02. The lowest BCUT2D eigenvalue weighted by Crippen LogP contribution is -2.30. The lowest BCUT2D eigenvalue weighted by atomic mass is 10.1. The molecule has 1 aliphatic rings. The van der Waals surface area contributed by atoms with Gasteiger partial charge in [-0.25, -0.2) is 9.80 Å². The first-order valence-electron chi connectivity index (χ1n) is 6.57. The molecule has 0 bridgehead atoms. The van der Waals surface area contributed by atoms with Gasteiger partial charge in [0, 0.05) is 5.56 Å². The maximum Gasteiger partial charge on any atom is 0.345 e. The van der Waals surface area contributed by atoms with Crippen molar-refractivity contribution in [2.24, 2.45) is 5.10 Å². The predicted octanol–water partition coefficient (Wildman–Crippen LogP) is -0.169. The van der Waals surface area contributed by atoms with E-state index in [2.05, 4.69) is 5.10 Å². The van der Waals surface area contributed by atoms with Crippen molar-refractivity contribution in [2.75, 3.05) is 20.2 Å². The van der Waals surface area contributed by atoms with Crippen molar-refractivity contribution in [3.05, 3.63) is 29.8 Å². The summed E-state index contributed by atoms with van der Waals surface area (Å²) in [6.45, 7) is -0.475. The number of ether oxygens (including phenoxy) is 1. The van der Waals surface area contributed by atoms with Crippen LogP contribution in [0.15, 0.2) is 29.4 Å². The summed E-state index contributed by atoms with van der Waals surface area (Å²) in [6.07, 6.45) is 1.42. The van der Waals surface area contributed by atoms with Crippen molar-refractivity contribution in [2.45, 2.75) is 0 Å². The smallest absolute Gasteiger partial charge is 0.345 e. The monoisotopic (exact) mass is 318 g/mol. The Balaban J connectivity index is 1.98. The van der Waals surface area contributed by atoms with Gasteiger partial charge in [-0.3, -0.25) is 24.6 Å². The number of hydrogen-bond donors (Lipinski definition) is 1. The van der Waals surface area contributed by atoms with Crippen LogP contribution in [0, 0.1) is 0 Å². The van der Waals surface area contributed by atoms with Crippen LogP contribution in [-0.2, 0) is 9.59 Å². The van der Waals surface area contributed by atoms with Crippen molar-refractivity contribution >= 4 is 30.5 Å². The molecule has 2 rings (SSSR count). The van der Waals surface area contributed by atoms with E-state index in [0.29, 0.717) is 17.7 Å². The van der Waals surface area contributed by atoms with E-state index >= 15 is 0 Å². The maximum absolute atomic E-state index is 12.1. The van der Waals surface area contributed by atoms with Crippen molar-refractivity contribution in [1.29, 1.82) is 0 Å². The number of hydrogen-bond acceptors (Lipinski definition) is 6. The third-order valence-electron chi connectivity index (χ3n) is 2.99. The number of carbonyl (C=O) groups excluding carboxylic acids is 4. The Labute approximate surface area is 131 Å². The summed E-state index contributed by atoms with van der Waals surface area (Å²) in [5.41, 5.74) is 0.403. The highest BCUT2D eigenvalue weighted by atomic mass is 16.5. The summed E-state index contributed by atoms with van der Waals surface area (Å²) < 4.78 is 5.00. The van der Waals surface area contributed by atoms with Gasteiger partial charge >= 0.3 is 6.03 Å². The summed E-state index contributed by atoms with van der Waals surface area (Å²) in [6, 6.07) is 5.74. The van der Waals surface area contributed by atoms with Gasteiger partial charge in [0.25, 0.3) is 0 Å². The first-order valence-corrected chi connectivity index (χ1v) is 6.57. The Morgan fingerprint density at radius 1 is 1.39 bits per heavy atom. The Bertz CT molecular complexity index is 656. The number of nitrogens with one attached hydrogen (secondary N) is 1. The number of Topliss-reactive ketones (excluding diaryl/α,β-unsaturated/α-hetero) is 1. The molecule has 0 saturated carbocycles.